The molecule has 0 aliphatic carbocycles. The van der Waals surface area contributed by atoms with Crippen LogP contribution in [0.5, 0.6) is 0 Å². The van der Waals surface area contributed by atoms with Gasteiger partial charge in [0, 0.05) is 26.5 Å². The van der Waals surface area contributed by atoms with E-state index in [0.717, 1.165) is 11.0 Å². The minimum absolute atomic E-state index is 0.701. The van der Waals surface area contributed by atoms with Crippen LogP contribution in [-0.4, -0.2) is 22.2 Å². The monoisotopic (exact) mass is 242 g/mol. The molecular formula is C14H18N4. The van der Waals surface area contributed by atoms with Crippen molar-refractivity contribution >= 4 is 0 Å². The number of aryl methyl sites for hydroxylation is 2. The summed E-state index contributed by atoms with van der Waals surface area (Å²) in [6, 6.07) is 12.0. The lowest BCUT2D eigenvalue weighted by Gasteiger charge is -1.99. The Morgan fingerprint density at radius 2 is 1.22 bits per heavy atom. The van der Waals surface area contributed by atoms with Gasteiger partial charge < -0.3 is 9.13 Å². The molecule has 0 bridgehead atoms. The molecule has 0 aliphatic rings. The van der Waals surface area contributed by atoms with Gasteiger partial charge in [0.25, 0.3) is 0 Å². The zero-order chi connectivity index (χ0) is 12.8. The van der Waals surface area contributed by atoms with Gasteiger partial charge in [-0.2, -0.15) is 0 Å². The van der Waals surface area contributed by atoms with Gasteiger partial charge in [-0.1, -0.05) is 12.1 Å². The topological polar surface area (TPSA) is 34.6 Å². The highest BCUT2D eigenvalue weighted by molar-refractivity contribution is 4.93. The van der Waals surface area contributed by atoms with Crippen LogP contribution in [0.1, 0.15) is 0 Å². The second-order valence-electron chi connectivity index (χ2n) is 4.10. The Balaban J connectivity index is 2.07. The lowest BCUT2D eigenvalue weighted by atomic mass is 10.5. The van der Waals surface area contributed by atoms with E-state index in [1.54, 1.807) is 0 Å². The van der Waals surface area contributed by atoms with Crippen molar-refractivity contribution in [2.24, 2.45) is 24.1 Å². The lowest BCUT2D eigenvalue weighted by Crippen LogP contribution is -2.19. The maximum atomic E-state index is 4.51. The second-order valence-corrected chi connectivity index (χ2v) is 4.10. The molecule has 0 aromatic carbocycles. The van der Waals surface area contributed by atoms with Gasteiger partial charge in [0.05, 0.1) is 13.1 Å². The molecule has 0 spiro atoms. The molecule has 0 N–H and O–H groups in total. The van der Waals surface area contributed by atoms with Crippen LogP contribution in [0.2, 0.25) is 0 Å². The Morgan fingerprint density at radius 1 is 0.778 bits per heavy atom. The van der Waals surface area contributed by atoms with E-state index >= 15 is 0 Å². The van der Waals surface area contributed by atoms with Gasteiger partial charge in [-0.3, -0.25) is 9.98 Å². The van der Waals surface area contributed by atoms with E-state index in [0.29, 0.717) is 13.1 Å². The molecule has 2 aromatic rings. The first-order valence-corrected chi connectivity index (χ1v) is 6.02. The highest BCUT2D eigenvalue weighted by Gasteiger charge is 1.86. The van der Waals surface area contributed by atoms with E-state index in [-0.39, 0.29) is 0 Å². The van der Waals surface area contributed by atoms with Crippen LogP contribution in [0, 0.1) is 0 Å². The van der Waals surface area contributed by atoms with Crippen LogP contribution in [-0.2, 0) is 14.1 Å². The van der Waals surface area contributed by atoms with Crippen LogP contribution in [0.15, 0.2) is 58.8 Å². The normalized spacial score (nSPS) is 13.0. The Kier molecular flexibility index (Phi) is 4.12. The fourth-order valence-electron chi connectivity index (χ4n) is 1.69. The standard InChI is InChI=1S/C14H18N4/c1-17-11-5-3-7-13(17)15-9-10-16-14-8-4-6-12-18(14)2/h3-8,11-12H,9-10H2,1-2H3. The smallest absolute Gasteiger partial charge is 0.127 e. The van der Waals surface area contributed by atoms with Gasteiger partial charge in [-0.05, 0) is 24.3 Å². The third-order valence-electron chi connectivity index (χ3n) is 2.70. The molecule has 0 unspecified atom stereocenters. The van der Waals surface area contributed by atoms with Crippen molar-refractivity contribution in [1.82, 2.24) is 9.13 Å². The second kappa shape index (κ2) is 6.00. The number of rotatable bonds is 3. The molecule has 2 aromatic heterocycles. The van der Waals surface area contributed by atoms with Crippen LogP contribution < -0.4 is 11.0 Å². The molecule has 0 saturated carbocycles. The Morgan fingerprint density at radius 3 is 1.61 bits per heavy atom. The predicted molar refractivity (Wildman–Crippen MR) is 71.7 cm³/mol. The molecule has 4 heteroatoms. The first kappa shape index (κ1) is 12.4. The largest absolute Gasteiger partial charge is 0.336 e. The summed E-state index contributed by atoms with van der Waals surface area (Å²) in [5.74, 6) is 0. The summed E-state index contributed by atoms with van der Waals surface area (Å²) in [6.07, 6.45) is 3.99. The third kappa shape index (κ3) is 3.20. The van der Waals surface area contributed by atoms with Crippen molar-refractivity contribution in [3.63, 3.8) is 0 Å². The molecule has 0 aliphatic heterocycles. The van der Waals surface area contributed by atoms with Crippen molar-refractivity contribution in [3.8, 4) is 0 Å². The average molecular weight is 242 g/mol. The number of hydrogen-bond donors (Lipinski definition) is 0. The van der Waals surface area contributed by atoms with E-state index in [1.807, 2.05) is 72.0 Å². The summed E-state index contributed by atoms with van der Waals surface area (Å²) in [5, 5.41) is 0. The van der Waals surface area contributed by atoms with E-state index in [4.69, 9.17) is 0 Å². The van der Waals surface area contributed by atoms with Crippen molar-refractivity contribution in [3.05, 3.63) is 59.8 Å². The SMILES string of the molecule is Cn1ccccc1=NCCN=c1ccccn1C. The summed E-state index contributed by atoms with van der Waals surface area (Å²) in [6.45, 7) is 1.40. The highest BCUT2D eigenvalue weighted by atomic mass is 15.0. The lowest BCUT2D eigenvalue weighted by molar-refractivity contribution is 0.772. The minimum Gasteiger partial charge on any atom is -0.336 e. The van der Waals surface area contributed by atoms with Crippen LogP contribution in [0.3, 0.4) is 0 Å². The quantitative estimate of drug-likeness (QED) is 0.716. The maximum Gasteiger partial charge on any atom is 0.127 e. The van der Waals surface area contributed by atoms with Gasteiger partial charge in [0.15, 0.2) is 0 Å². The summed E-state index contributed by atoms with van der Waals surface area (Å²) in [5.41, 5.74) is 1.95. The average Bonchev–Trinajstić information content (AvgIpc) is 2.38. The summed E-state index contributed by atoms with van der Waals surface area (Å²) in [7, 11) is 3.99. The zero-order valence-electron chi connectivity index (χ0n) is 10.8. The zero-order valence-corrected chi connectivity index (χ0v) is 10.8. The van der Waals surface area contributed by atoms with Crippen LogP contribution in [0.25, 0.3) is 0 Å². The van der Waals surface area contributed by atoms with Gasteiger partial charge >= 0.3 is 0 Å². The molecule has 2 heterocycles. The van der Waals surface area contributed by atoms with E-state index in [2.05, 4.69) is 9.98 Å². The first-order valence-electron chi connectivity index (χ1n) is 6.02. The predicted octanol–water partition coefficient (Wildman–Crippen LogP) is 0.865. The minimum atomic E-state index is 0.701. The van der Waals surface area contributed by atoms with Crippen LogP contribution >= 0.6 is 0 Å². The van der Waals surface area contributed by atoms with E-state index < -0.39 is 0 Å². The van der Waals surface area contributed by atoms with Crippen LogP contribution in [0.4, 0.5) is 0 Å². The van der Waals surface area contributed by atoms with E-state index in [1.165, 1.54) is 0 Å². The Bertz CT molecular complexity index is 577. The maximum absolute atomic E-state index is 4.51. The molecule has 18 heavy (non-hydrogen) atoms. The number of pyridine rings is 2. The fraction of sp³-hybridized carbons (Fsp3) is 0.286. The number of aromatic nitrogens is 2. The Labute approximate surface area is 107 Å². The highest BCUT2D eigenvalue weighted by Crippen LogP contribution is 1.79. The van der Waals surface area contributed by atoms with E-state index in [9.17, 15) is 0 Å². The molecule has 0 atom stereocenters. The summed E-state index contributed by atoms with van der Waals surface area (Å²) >= 11 is 0. The van der Waals surface area contributed by atoms with Gasteiger partial charge in [0.2, 0.25) is 0 Å². The van der Waals surface area contributed by atoms with Gasteiger partial charge in [-0.25, -0.2) is 0 Å². The fourth-order valence-corrected chi connectivity index (χ4v) is 1.69. The van der Waals surface area contributed by atoms with Crippen molar-refractivity contribution in [2.75, 3.05) is 13.1 Å². The molecule has 0 fully saturated rings. The molecule has 4 nitrogen and oxygen atoms in total. The van der Waals surface area contributed by atoms with Gasteiger partial charge in [-0.15, -0.1) is 0 Å². The number of nitrogens with zero attached hydrogens (tertiary/aromatic N) is 4. The summed E-state index contributed by atoms with van der Waals surface area (Å²) in [4.78, 5) is 9.02. The first-order chi connectivity index (χ1) is 8.77. The van der Waals surface area contributed by atoms with Gasteiger partial charge in [0.1, 0.15) is 11.0 Å². The molecule has 94 valence electrons. The van der Waals surface area contributed by atoms with Crippen molar-refractivity contribution in [1.29, 1.82) is 0 Å². The van der Waals surface area contributed by atoms with Crippen molar-refractivity contribution in [2.45, 2.75) is 0 Å². The molecule has 0 amide bonds. The molecular weight excluding hydrogens is 224 g/mol. The molecule has 2 rings (SSSR count). The summed E-state index contributed by atoms with van der Waals surface area (Å²) < 4.78 is 4.00. The molecule has 0 radical (unpaired) electrons. The van der Waals surface area contributed by atoms with Crippen molar-refractivity contribution < 1.29 is 0 Å². The third-order valence-corrected chi connectivity index (χ3v) is 2.70. The molecule has 0 saturated heterocycles. The Hall–Kier alpha value is -2.10. The number of hydrogen-bond acceptors (Lipinski definition) is 2.